The van der Waals surface area contributed by atoms with Gasteiger partial charge in [0.2, 0.25) is 5.91 Å². The summed E-state index contributed by atoms with van der Waals surface area (Å²) in [5.74, 6) is 1.79. The summed E-state index contributed by atoms with van der Waals surface area (Å²) in [6.07, 6.45) is 2.01. The third kappa shape index (κ3) is 6.20. The Morgan fingerprint density at radius 3 is 2.39 bits per heavy atom. The largest absolute Gasteiger partial charge is 0.486 e. The van der Waals surface area contributed by atoms with E-state index in [1.165, 1.54) is 7.11 Å². The normalized spacial score (nSPS) is 14.3. The molecule has 0 atom stereocenters. The molecule has 1 N–H and O–H groups in total. The highest BCUT2D eigenvalue weighted by molar-refractivity contribution is 5.94. The predicted octanol–water partition coefficient (Wildman–Crippen LogP) is 4.75. The van der Waals surface area contributed by atoms with E-state index in [9.17, 15) is 9.59 Å². The van der Waals surface area contributed by atoms with E-state index in [1.807, 2.05) is 48.5 Å². The topological polar surface area (TPSA) is 85.7 Å². The summed E-state index contributed by atoms with van der Waals surface area (Å²) in [7, 11) is 1.35. The highest BCUT2D eigenvalue weighted by atomic mass is 16.5. The van der Waals surface area contributed by atoms with E-state index < -0.39 is 5.97 Å². The molecule has 8 heteroatoms. The summed E-state index contributed by atoms with van der Waals surface area (Å²) in [4.78, 5) is 31.2. The van der Waals surface area contributed by atoms with Gasteiger partial charge in [-0.2, -0.15) is 0 Å². The number of para-hydroxylation sites is 3. The number of fused-ring (bicyclic) bond motifs is 1. The van der Waals surface area contributed by atoms with Crippen LogP contribution in [0.1, 0.15) is 29.0 Å². The first kappa shape index (κ1) is 25.5. The second kappa shape index (κ2) is 11.9. The van der Waals surface area contributed by atoms with E-state index in [2.05, 4.69) is 20.9 Å². The lowest BCUT2D eigenvalue weighted by Crippen LogP contribution is -2.40. The summed E-state index contributed by atoms with van der Waals surface area (Å²) in [5.41, 5.74) is 3.22. The number of hydrogen-bond donors (Lipinski definition) is 1. The fourth-order valence-corrected chi connectivity index (χ4v) is 4.90. The Morgan fingerprint density at radius 1 is 0.947 bits per heavy atom. The van der Waals surface area contributed by atoms with Gasteiger partial charge in [0.05, 0.1) is 30.3 Å². The van der Waals surface area contributed by atoms with Gasteiger partial charge in [0.15, 0.2) is 0 Å². The van der Waals surface area contributed by atoms with Crippen LogP contribution in [0.5, 0.6) is 5.75 Å². The van der Waals surface area contributed by atoms with E-state index in [-0.39, 0.29) is 5.91 Å². The lowest BCUT2D eigenvalue weighted by atomic mass is 9.96. The second-order valence-corrected chi connectivity index (χ2v) is 9.57. The molecule has 1 fully saturated rings. The fourth-order valence-electron chi connectivity index (χ4n) is 4.90. The number of aromatic nitrogens is 2. The molecule has 0 bridgehead atoms. The Labute approximate surface area is 222 Å². The van der Waals surface area contributed by atoms with E-state index in [0.29, 0.717) is 30.3 Å². The number of imidazole rings is 1. The van der Waals surface area contributed by atoms with Gasteiger partial charge >= 0.3 is 5.97 Å². The number of esters is 1. The number of nitrogens with zero attached hydrogens (tertiary/aromatic N) is 3. The zero-order valence-corrected chi connectivity index (χ0v) is 21.5. The molecule has 0 saturated carbocycles. The van der Waals surface area contributed by atoms with Crippen LogP contribution in [0.25, 0.3) is 11.0 Å². The number of anilines is 1. The Bertz CT molecular complexity index is 1380. The number of ether oxygens (including phenoxy) is 2. The predicted molar refractivity (Wildman–Crippen MR) is 146 cm³/mol. The van der Waals surface area contributed by atoms with Crippen LogP contribution >= 0.6 is 0 Å². The minimum atomic E-state index is -0.398. The fraction of sp³-hybridized carbons (Fsp3) is 0.300. The molecule has 38 heavy (non-hydrogen) atoms. The molecular weight excluding hydrogens is 480 g/mol. The van der Waals surface area contributed by atoms with Crippen molar-refractivity contribution in [1.82, 2.24) is 14.5 Å². The molecule has 196 valence electrons. The van der Waals surface area contributed by atoms with Crippen LogP contribution in [0.15, 0.2) is 78.9 Å². The molecule has 0 spiro atoms. The summed E-state index contributed by atoms with van der Waals surface area (Å²) in [6.45, 7) is 3.36. The molecule has 1 aliphatic rings. The van der Waals surface area contributed by atoms with Gasteiger partial charge in [0.1, 0.15) is 18.2 Å². The molecule has 0 unspecified atom stereocenters. The van der Waals surface area contributed by atoms with Gasteiger partial charge in [0, 0.05) is 12.2 Å². The average molecular weight is 513 g/mol. The molecular formula is C30H32N4O4. The number of likely N-dealkylation sites (tertiary alicyclic amines) is 1. The third-order valence-corrected chi connectivity index (χ3v) is 6.95. The first-order valence-corrected chi connectivity index (χ1v) is 12.9. The molecule has 2 heterocycles. The number of methoxy groups -OCH3 is 1. The summed E-state index contributed by atoms with van der Waals surface area (Å²) in [5, 5.41) is 2.92. The average Bonchev–Trinajstić information content (AvgIpc) is 3.30. The first-order chi connectivity index (χ1) is 18.6. The van der Waals surface area contributed by atoms with Crippen molar-refractivity contribution in [3.8, 4) is 5.75 Å². The highest BCUT2D eigenvalue weighted by Gasteiger charge is 2.23. The maximum Gasteiger partial charge on any atom is 0.337 e. The van der Waals surface area contributed by atoms with Crippen LogP contribution in [0, 0.1) is 5.92 Å². The number of hydrogen-bond acceptors (Lipinski definition) is 6. The number of piperidine rings is 1. The van der Waals surface area contributed by atoms with Crippen molar-refractivity contribution in [2.45, 2.75) is 26.0 Å². The number of amides is 1. The molecule has 3 aromatic carbocycles. The second-order valence-electron chi connectivity index (χ2n) is 9.57. The van der Waals surface area contributed by atoms with Crippen LogP contribution in [0.2, 0.25) is 0 Å². The van der Waals surface area contributed by atoms with Gasteiger partial charge in [-0.3, -0.25) is 9.69 Å². The van der Waals surface area contributed by atoms with Crippen LogP contribution in [0.4, 0.5) is 5.69 Å². The quantitative estimate of drug-likeness (QED) is 0.326. The van der Waals surface area contributed by atoms with Gasteiger partial charge in [0.25, 0.3) is 0 Å². The van der Waals surface area contributed by atoms with E-state index in [4.69, 9.17) is 14.5 Å². The molecule has 8 nitrogen and oxygen atoms in total. The smallest absolute Gasteiger partial charge is 0.337 e. The number of benzene rings is 3. The molecule has 0 aliphatic carbocycles. The zero-order valence-electron chi connectivity index (χ0n) is 21.5. The first-order valence-electron chi connectivity index (χ1n) is 12.9. The minimum absolute atomic E-state index is 0.0600. The van der Waals surface area contributed by atoms with Gasteiger partial charge < -0.3 is 19.4 Å². The van der Waals surface area contributed by atoms with Crippen LogP contribution in [-0.4, -0.2) is 53.1 Å². The molecule has 1 saturated heterocycles. The summed E-state index contributed by atoms with van der Waals surface area (Å²) >= 11 is 0. The number of carbonyl (C=O) groups excluding carboxylic acids is 2. The Hall–Kier alpha value is -4.17. The lowest BCUT2D eigenvalue weighted by Gasteiger charge is -2.32. The molecule has 1 amide bonds. The standard InChI is InChI=1S/C30H32N4O4/c1-37-30(36)23-11-13-24(14-12-23)31-29(35)20-33-17-15-22(16-18-33)19-34-27-10-6-5-9-26(27)32-28(34)21-38-25-7-3-2-4-8-25/h2-14,22H,15-21H2,1H3,(H,31,35). The molecule has 5 rings (SSSR count). The van der Waals surface area contributed by atoms with E-state index in [1.54, 1.807) is 24.3 Å². The van der Waals surface area contributed by atoms with Crippen molar-refractivity contribution in [3.05, 3.63) is 90.3 Å². The summed E-state index contributed by atoms with van der Waals surface area (Å²) < 4.78 is 13.0. The van der Waals surface area contributed by atoms with E-state index in [0.717, 1.165) is 55.1 Å². The van der Waals surface area contributed by atoms with Crippen LogP contribution in [-0.2, 0) is 22.7 Å². The van der Waals surface area contributed by atoms with Crippen molar-refractivity contribution >= 4 is 28.6 Å². The number of carbonyl (C=O) groups is 2. The number of rotatable bonds is 9. The van der Waals surface area contributed by atoms with Crippen molar-refractivity contribution in [3.63, 3.8) is 0 Å². The minimum Gasteiger partial charge on any atom is -0.486 e. The van der Waals surface area contributed by atoms with Crippen LogP contribution in [0.3, 0.4) is 0 Å². The Balaban J connectivity index is 1.15. The molecule has 1 aromatic heterocycles. The SMILES string of the molecule is COC(=O)c1ccc(NC(=O)CN2CCC(Cn3c(COc4ccccc4)nc4ccccc43)CC2)cc1. The van der Waals surface area contributed by atoms with Crippen LogP contribution < -0.4 is 10.1 Å². The van der Waals surface area contributed by atoms with Crippen molar-refractivity contribution in [2.24, 2.45) is 5.92 Å². The lowest BCUT2D eigenvalue weighted by molar-refractivity contribution is -0.117. The highest BCUT2D eigenvalue weighted by Crippen LogP contribution is 2.24. The molecule has 1 aliphatic heterocycles. The maximum absolute atomic E-state index is 12.6. The van der Waals surface area contributed by atoms with Crippen molar-refractivity contribution < 1.29 is 19.1 Å². The Kier molecular flexibility index (Phi) is 7.99. The van der Waals surface area contributed by atoms with Gasteiger partial charge in [-0.15, -0.1) is 0 Å². The van der Waals surface area contributed by atoms with Gasteiger partial charge in [-0.25, -0.2) is 9.78 Å². The maximum atomic E-state index is 12.6. The van der Waals surface area contributed by atoms with Gasteiger partial charge in [-0.05, 0) is 80.4 Å². The summed E-state index contributed by atoms with van der Waals surface area (Å²) in [6, 6.07) is 24.8. The third-order valence-electron chi connectivity index (χ3n) is 6.95. The van der Waals surface area contributed by atoms with Crippen molar-refractivity contribution in [2.75, 3.05) is 32.1 Å². The van der Waals surface area contributed by atoms with E-state index >= 15 is 0 Å². The van der Waals surface area contributed by atoms with Gasteiger partial charge in [-0.1, -0.05) is 30.3 Å². The number of nitrogens with one attached hydrogen (secondary N) is 1. The molecule has 4 aromatic rings. The van der Waals surface area contributed by atoms with Crippen molar-refractivity contribution in [1.29, 1.82) is 0 Å². The monoisotopic (exact) mass is 512 g/mol. The zero-order chi connectivity index (χ0) is 26.3. The Morgan fingerprint density at radius 2 is 1.66 bits per heavy atom. The molecule has 0 radical (unpaired) electrons.